The lowest BCUT2D eigenvalue weighted by Crippen LogP contribution is -2.27. The molecule has 4 nitrogen and oxygen atoms in total. The van der Waals surface area contributed by atoms with Crippen molar-refractivity contribution < 1.29 is 14.3 Å². The molecule has 1 aliphatic rings. The van der Waals surface area contributed by atoms with Gasteiger partial charge < -0.3 is 9.64 Å². The lowest BCUT2D eigenvalue weighted by molar-refractivity contribution is -0.118. The third-order valence-corrected chi connectivity index (χ3v) is 4.49. The topological polar surface area (TPSA) is 46.6 Å². The molecule has 1 heterocycles. The molecular weight excluding hydrogens is 314 g/mol. The normalized spacial score (nSPS) is 14.1. The summed E-state index contributed by atoms with van der Waals surface area (Å²) in [5, 5.41) is 0. The van der Waals surface area contributed by atoms with E-state index in [-0.39, 0.29) is 18.0 Å². The van der Waals surface area contributed by atoms with Gasteiger partial charge in [-0.2, -0.15) is 0 Å². The van der Waals surface area contributed by atoms with Crippen molar-refractivity contribution in [3.63, 3.8) is 0 Å². The maximum absolute atomic E-state index is 12.4. The third kappa shape index (κ3) is 3.90. The van der Waals surface area contributed by atoms with E-state index >= 15 is 0 Å². The average molecular weight is 337 g/mol. The van der Waals surface area contributed by atoms with Crippen LogP contribution in [0.1, 0.15) is 41.8 Å². The van der Waals surface area contributed by atoms with Gasteiger partial charge in [0.2, 0.25) is 5.91 Å². The van der Waals surface area contributed by atoms with Crippen molar-refractivity contribution in [2.75, 3.05) is 11.4 Å². The second-order valence-corrected chi connectivity index (χ2v) is 6.40. The monoisotopic (exact) mass is 337 g/mol. The molecule has 2 aromatic carbocycles. The van der Waals surface area contributed by atoms with Crippen molar-refractivity contribution in [3.8, 4) is 0 Å². The van der Waals surface area contributed by atoms with Gasteiger partial charge in [-0.3, -0.25) is 4.79 Å². The zero-order chi connectivity index (χ0) is 17.8. The SMILES string of the molecule is CCC(=O)N1CCc2cc(C(=O)OC(C)Cc3ccccc3)ccc21. The number of esters is 1. The summed E-state index contributed by atoms with van der Waals surface area (Å²) in [7, 11) is 0. The molecule has 1 unspecified atom stereocenters. The summed E-state index contributed by atoms with van der Waals surface area (Å²) in [6.07, 6.45) is 1.76. The van der Waals surface area contributed by atoms with Gasteiger partial charge in [-0.05, 0) is 42.7 Å². The fourth-order valence-electron chi connectivity index (χ4n) is 3.22. The molecule has 1 aliphatic heterocycles. The number of amides is 1. The molecule has 0 saturated carbocycles. The second-order valence-electron chi connectivity index (χ2n) is 6.40. The molecule has 130 valence electrons. The van der Waals surface area contributed by atoms with Crippen molar-refractivity contribution in [2.24, 2.45) is 0 Å². The zero-order valence-corrected chi connectivity index (χ0v) is 14.7. The minimum atomic E-state index is -0.313. The molecule has 1 amide bonds. The molecule has 3 rings (SSSR count). The van der Waals surface area contributed by atoms with E-state index in [0.717, 1.165) is 23.2 Å². The molecular formula is C21H23NO3. The molecule has 0 spiro atoms. The molecule has 2 aromatic rings. The Hall–Kier alpha value is -2.62. The summed E-state index contributed by atoms with van der Waals surface area (Å²) in [4.78, 5) is 26.2. The Labute approximate surface area is 148 Å². The predicted molar refractivity (Wildman–Crippen MR) is 97.8 cm³/mol. The largest absolute Gasteiger partial charge is 0.459 e. The van der Waals surface area contributed by atoms with E-state index in [2.05, 4.69) is 0 Å². The molecule has 0 aromatic heterocycles. The van der Waals surface area contributed by atoms with Crippen molar-refractivity contribution in [1.29, 1.82) is 0 Å². The number of hydrogen-bond donors (Lipinski definition) is 0. The number of carbonyl (C=O) groups is 2. The van der Waals surface area contributed by atoms with Crippen molar-refractivity contribution in [3.05, 3.63) is 65.2 Å². The van der Waals surface area contributed by atoms with Crippen LogP contribution in [-0.2, 0) is 22.4 Å². The lowest BCUT2D eigenvalue weighted by Gasteiger charge is -2.17. The van der Waals surface area contributed by atoms with Crippen LogP contribution in [0.25, 0.3) is 0 Å². The minimum Gasteiger partial charge on any atom is -0.459 e. The number of ether oxygens (including phenoxy) is 1. The molecule has 0 fully saturated rings. The summed E-state index contributed by atoms with van der Waals surface area (Å²) >= 11 is 0. The molecule has 0 bridgehead atoms. The number of benzene rings is 2. The molecule has 4 heteroatoms. The standard InChI is InChI=1S/C21H23NO3/c1-3-20(23)22-12-11-17-14-18(9-10-19(17)22)21(24)25-15(2)13-16-7-5-4-6-8-16/h4-10,14-15H,3,11-13H2,1-2H3. The van der Waals surface area contributed by atoms with Crippen LogP contribution in [-0.4, -0.2) is 24.5 Å². The fourth-order valence-corrected chi connectivity index (χ4v) is 3.22. The van der Waals surface area contributed by atoms with Crippen LogP contribution in [0, 0.1) is 0 Å². The van der Waals surface area contributed by atoms with Crippen LogP contribution in [0.3, 0.4) is 0 Å². The third-order valence-electron chi connectivity index (χ3n) is 4.49. The smallest absolute Gasteiger partial charge is 0.338 e. The number of hydrogen-bond acceptors (Lipinski definition) is 3. The Bertz CT molecular complexity index is 770. The average Bonchev–Trinajstić information content (AvgIpc) is 3.05. The highest BCUT2D eigenvalue weighted by Gasteiger charge is 2.25. The van der Waals surface area contributed by atoms with Crippen LogP contribution in [0.2, 0.25) is 0 Å². The minimum absolute atomic E-state index is 0.116. The molecule has 0 saturated heterocycles. The molecule has 0 N–H and O–H groups in total. The van der Waals surface area contributed by atoms with E-state index in [0.29, 0.717) is 24.9 Å². The molecule has 0 aliphatic carbocycles. The van der Waals surface area contributed by atoms with E-state index in [1.54, 1.807) is 11.0 Å². The highest BCUT2D eigenvalue weighted by molar-refractivity contribution is 5.97. The van der Waals surface area contributed by atoms with Crippen molar-refractivity contribution in [1.82, 2.24) is 0 Å². The van der Waals surface area contributed by atoms with Crippen LogP contribution in [0.15, 0.2) is 48.5 Å². The Kier molecular flexibility index (Phi) is 5.17. The molecule has 25 heavy (non-hydrogen) atoms. The molecule has 0 radical (unpaired) electrons. The van der Waals surface area contributed by atoms with Gasteiger partial charge >= 0.3 is 5.97 Å². The fraction of sp³-hybridized carbons (Fsp3) is 0.333. The Morgan fingerprint density at radius 2 is 1.92 bits per heavy atom. The van der Waals surface area contributed by atoms with E-state index in [1.807, 2.05) is 56.3 Å². The lowest BCUT2D eigenvalue weighted by atomic mass is 10.1. The van der Waals surface area contributed by atoms with Crippen LogP contribution in [0.5, 0.6) is 0 Å². The summed E-state index contributed by atoms with van der Waals surface area (Å²) in [6.45, 7) is 4.45. The molecule has 1 atom stereocenters. The highest BCUT2D eigenvalue weighted by atomic mass is 16.5. The number of anilines is 1. The summed E-state index contributed by atoms with van der Waals surface area (Å²) in [5.41, 5.74) is 3.64. The van der Waals surface area contributed by atoms with Gasteiger partial charge in [0.25, 0.3) is 0 Å². The Morgan fingerprint density at radius 1 is 1.16 bits per heavy atom. The maximum Gasteiger partial charge on any atom is 0.338 e. The number of carbonyl (C=O) groups excluding carboxylic acids is 2. The Morgan fingerprint density at radius 3 is 2.64 bits per heavy atom. The van der Waals surface area contributed by atoms with E-state index in [1.165, 1.54) is 0 Å². The van der Waals surface area contributed by atoms with E-state index in [4.69, 9.17) is 4.74 Å². The zero-order valence-electron chi connectivity index (χ0n) is 14.7. The second kappa shape index (κ2) is 7.51. The first-order chi connectivity index (χ1) is 12.1. The van der Waals surface area contributed by atoms with Gasteiger partial charge in [-0.15, -0.1) is 0 Å². The highest BCUT2D eigenvalue weighted by Crippen LogP contribution is 2.29. The van der Waals surface area contributed by atoms with Crippen LogP contribution < -0.4 is 4.90 Å². The summed E-state index contributed by atoms with van der Waals surface area (Å²) in [5.74, 6) is -0.197. The number of rotatable bonds is 5. The first kappa shape index (κ1) is 17.2. The van der Waals surface area contributed by atoms with Crippen LogP contribution >= 0.6 is 0 Å². The van der Waals surface area contributed by atoms with Gasteiger partial charge in [-0.25, -0.2) is 4.79 Å². The Balaban J connectivity index is 1.66. The first-order valence-corrected chi connectivity index (χ1v) is 8.76. The summed E-state index contributed by atoms with van der Waals surface area (Å²) < 4.78 is 5.58. The van der Waals surface area contributed by atoms with Crippen LogP contribution in [0.4, 0.5) is 5.69 Å². The van der Waals surface area contributed by atoms with Gasteiger partial charge in [0.1, 0.15) is 6.10 Å². The van der Waals surface area contributed by atoms with Gasteiger partial charge in [-0.1, -0.05) is 37.3 Å². The van der Waals surface area contributed by atoms with Crippen molar-refractivity contribution in [2.45, 2.75) is 39.2 Å². The van der Waals surface area contributed by atoms with Crippen molar-refractivity contribution >= 4 is 17.6 Å². The van der Waals surface area contributed by atoms with Gasteiger partial charge in [0.05, 0.1) is 5.56 Å². The first-order valence-electron chi connectivity index (χ1n) is 8.76. The van der Waals surface area contributed by atoms with E-state index < -0.39 is 0 Å². The van der Waals surface area contributed by atoms with E-state index in [9.17, 15) is 9.59 Å². The predicted octanol–water partition coefficient (Wildman–Crippen LogP) is 3.77. The van der Waals surface area contributed by atoms with Gasteiger partial charge in [0, 0.05) is 25.1 Å². The number of fused-ring (bicyclic) bond motifs is 1. The maximum atomic E-state index is 12.4. The summed E-state index contributed by atoms with van der Waals surface area (Å²) in [6, 6.07) is 15.4. The number of nitrogens with zero attached hydrogens (tertiary/aromatic N) is 1. The van der Waals surface area contributed by atoms with Gasteiger partial charge in [0.15, 0.2) is 0 Å². The quantitative estimate of drug-likeness (QED) is 0.780.